The molecule has 134 valence electrons. The molecule has 0 unspecified atom stereocenters. The molecule has 2 rings (SSSR count). The molecule has 0 saturated heterocycles. The average molecular weight is 366 g/mol. The fourth-order valence-electron chi connectivity index (χ4n) is 2.31. The van der Waals surface area contributed by atoms with Gasteiger partial charge in [-0.25, -0.2) is 4.39 Å². The maximum absolute atomic E-state index is 13.1. The summed E-state index contributed by atoms with van der Waals surface area (Å²) >= 11 is 5.71. The second-order valence-electron chi connectivity index (χ2n) is 5.32. The Morgan fingerprint density at radius 1 is 1.08 bits per heavy atom. The maximum Gasteiger partial charge on any atom is 0.224 e. The minimum Gasteiger partial charge on any atom is -0.490 e. The van der Waals surface area contributed by atoms with Crippen LogP contribution in [0, 0.1) is 5.82 Å². The molecule has 0 heterocycles. The van der Waals surface area contributed by atoms with E-state index in [4.69, 9.17) is 21.1 Å². The summed E-state index contributed by atoms with van der Waals surface area (Å²) in [5.74, 6) is 0.679. The van der Waals surface area contributed by atoms with Crippen molar-refractivity contribution in [2.24, 2.45) is 0 Å². The van der Waals surface area contributed by atoms with Crippen LogP contribution >= 0.6 is 11.6 Å². The molecule has 0 radical (unpaired) electrons. The summed E-state index contributed by atoms with van der Waals surface area (Å²) in [4.78, 5) is 12.1. The van der Waals surface area contributed by atoms with Crippen LogP contribution in [0.5, 0.6) is 11.5 Å². The molecular formula is C19H21ClFNO3. The SMILES string of the molecule is CCOc1ccc(CCC(=O)Nc2ccc(F)c(Cl)c2)cc1OCC. The van der Waals surface area contributed by atoms with Crippen molar-refractivity contribution in [1.29, 1.82) is 0 Å². The second kappa shape index (κ2) is 9.28. The van der Waals surface area contributed by atoms with Crippen molar-refractivity contribution in [3.63, 3.8) is 0 Å². The lowest BCUT2D eigenvalue weighted by molar-refractivity contribution is -0.116. The Balaban J connectivity index is 1.96. The highest BCUT2D eigenvalue weighted by Gasteiger charge is 2.09. The number of hydrogen-bond acceptors (Lipinski definition) is 3. The van der Waals surface area contributed by atoms with Crippen LogP contribution in [0.15, 0.2) is 36.4 Å². The topological polar surface area (TPSA) is 47.6 Å². The van der Waals surface area contributed by atoms with Crippen molar-refractivity contribution in [2.75, 3.05) is 18.5 Å². The summed E-state index contributed by atoms with van der Waals surface area (Å²) in [6.07, 6.45) is 0.835. The van der Waals surface area contributed by atoms with E-state index in [9.17, 15) is 9.18 Å². The molecule has 1 amide bonds. The zero-order valence-electron chi connectivity index (χ0n) is 14.3. The Morgan fingerprint density at radius 2 is 1.80 bits per heavy atom. The van der Waals surface area contributed by atoms with E-state index in [-0.39, 0.29) is 17.4 Å². The van der Waals surface area contributed by atoms with Gasteiger partial charge in [0.1, 0.15) is 5.82 Å². The smallest absolute Gasteiger partial charge is 0.224 e. The van der Waals surface area contributed by atoms with Crippen LogP contribution in [-0.2, 0) is 11.2 Å². The van der Waals surface area contributed by atoms with Gasteiger partial charge in [0.25, 0.3) is 0 Å². The number of carbonyl (C=O) groups excluding carboxylic acids is 1. The van der Waals surface area contributed by atoms with Gasteiger partial charge in [-0.05, 0) is 56.2 Å². The summed E-state index contributed by atoms with van der Waals surface area (Å²) in [5, 5.41) is 2.68. The number of aryl methyl sites for hydroxylation is 1. The van der Waals surface area contributed by atoms with Gasteiger partial charge in [-0.1, -0.05) is 17.7 Å². The first kappa shape index (κ1) is 19.1. The van der Waals surface area contributed by atoms with E-state index < -0.39 is 5.82 Å². The van der Waals surface area contributed by atoms with Crippen LogP contribution < -0.4 is 14.8 Å². The molecule has 0 bridgehead atoms. The van der Waals surface area contributed by atoms with Crippen molar-refractivity contribution in [3.8, 4) is 11.5 Å². The quantitative estimate of drug-likeness (QED) is 0.727. The van der Waals surface area contributed by atoms with E-state index in [1.54, 1.807) is 0 Å². The van der Waals surface area contributed by atoms with E-state index in [0.717, 1.165) is 5.56 Å². The molecule has 0 saturated carbocycles. The molecular weight excluding hydrogens is 345 g/mol. The predicted molar refractivity (Wildman–Crippen MR) is 97.1 cm³/mol. The molecule has 0 spiro atoms. The number of carbonyl (C=O) groups is 1. The molecule has 0 atom stereocenters. The molecule has 2 aromatic rings. The molecule has 2 aromatic carbocycles. The fourth-order valence-corrected chi connectivity index (χ4v) is 2.49. The van der Waals surface area contributed by atoms with Gasteiger partial charge in [0.05, 0.1) is 18.2 Å². The molecule has 0 aliphatic carbocycles. The van der Waals surface area contributed by atoms with Gasteiger partial charge < -0.3 is 14.8 Å². The van der Waals surface area contributed by atoms with E-state index in [1.165, 1.54) is 18.2 Å². The monoisotopic (exact) mass is 365 g/mol. The molecule has 0 aromatic heterocycles. The zero-order chi connectivity index (χ0) is 18.2. The van der Waals surface area contributed by atoms with Gasteiger partial charge in [0.15, 0.2) is 11.5 Å². The summed E-state index contributed by atoms with van der Waals surface area (Å²) < 4.78 is 24.2. The lowest BCUT2D eigenvalue weighted by Crippen LogP contribution is -2.12. The fraction of sp³-hybridized carbons (Fsp3) is 0.316. The van der Waals surface area contributed by atoms with Gasteiger partial charge >= 0.3 is 0 Å². The van der Waals surface area contributed by atoms with Crippen molar-refractivity contribution in [1.82, 2.24) is 0 Å². The first-order valence-corrected chi connectivity index (χ1v) is 8.54. The molecule has 0 fully saturated rings. The highest BCUT2D eigenvalue weighted by molar-refractivity contribution is 6.31. The van der Waals surface area contributed by atoms with Crippen LogP contribution in [0.1, 0.15) is 25.8 Å². The highest BCUT2D eigenvalue weighted by Crippen LogP contribution is 2.29. The minimum absolute atomic E-state index is 0.0225. The zero-order valence-corrected chi connectivity index (χ0v) is 15.0. The number of nitrogens with one attached hydrogen (secondary N) is 1. The van der Waals surface area contributed by atoms with Crippen molar-refractivity contribution >= 4 is 23.2 Å². The van der Waals surface area contributed by atoms with Crippen LogP contribution in [-0.4, -0.2) is 19.1 Å². The Hall–Kier alpha value is -2.27. The van der Waals surface area contributed by atoms with Gasteiger partial charge in [-0.2, -0.15) is 0 Å². The van der Waals surface area contributed by atoms with Gasteiger partial charge in [0.2, 0.25) is 5.91 Å². The third kappa shape index (κ3) is 5.64. The molecule has 1 N–H and O–H groups in total. The van der Waals surface area contributed by atoms with E-state index in [2.05, 4.69) is 5.32 Å². The first-order valence-electron chi connectivity index (χ1n) is 8.17. The number of rotatable bonds is 8. The molecule has 6 heteroatoms. The van der Waals surface area contributed by atoms with E-state index in [0.29, 0.717) is 36.8 Å². The number of hydrogen-bond donors (Lipinski definition) is 1. The molecule has 4 nitrogen and oxygen atoms in total. The standard InChI is InChI=1S/C19H21ClFNO3/c1-3-24-17-9-5-13(11-18(17)25-4-2)6-10-19(23)22-14-7-8-16(21)15(20)12-14/h5,7-9,11-12H,3-4,6,10H2,1-2H3,(H,22,23). The number of amides is 1. The lowest BCUT2D eigenvalue weighted by atomic mass is 10.1. The van der Waals surface area contributed by atoms with E-state index in [1.807, 2.05) is 32.0 Å². The van der Waals surface area contributed by atoms with E-state index >= 15 is 0 Å². The van der Waals surface area contributed by atoms with Crippen molar-refractivity contribution in [2.45, 2.75) is 26.7 Å². The number of halogens is 2. The molecule has 25 heavy (non-hydrogen) atoms. The summed E-state index contributed by atoms with van der Waals surface area (Å²) in [6.45, 7) is 4.91. The Labute approximate surface area is 151 Å². The maximum atomic E-state index is 13.1. The van der Waals surface area contributed by atoms with Crippen LogP contribution in [0.25, 0.3) is 0 Å². The second-order valence-corrected chi connectivity index (χ2v) is 5.73. The van der Waals surface area contributed by atoms with Crippen LogP contribution in [0.2, 0.25) is 5.02 Å². The third-order valence-electron chi connectivity index (χ3n) is 3.45. The predicted octanol–water partition coefficient (Wildman–Crippen LogP) is 4.85. The summed E-state index contributed by atoms with van der Waals surface area (Å²) in [5.41, 5.74) is 1.44. The Kier molecular flexibility index (Phi) is 7.07. The van der Waals surface area contributed by atoms with Gasteiger partial charge in [-0.15, -0.1) is 0 Å². The average Bonchev–Trinajstić information content (AvgIpc) is 2.59. The van der Waals surface area contributed by atoms with Gasteiger partial charge in [-0.3, -0.25) is 4.79 Å². The number of anilines is 1. The van der Waals surface area contributed by atoms with Crippen LogP contribution in [0.3, 0.4) is 0 Å². The van der Waals surface area contributed by atoms with Crippen molar-refractivity contribution in [3.05, 3.63) is 52.8 Å². The Bertz CT molecular complexity index is 737. The largest absolute Gasteiger partial charge is 0.490 e. The first-order chi connectivity index (χ1) is 12.0. The van der Waals surface area contributed by atoms with Crippen molar-refractivity contribution < 1.29 is 18.7 Å². The van der Waals surface area contributed by atoms with Crippen LogP contribution in [0.4, 0.5) is 10.1 Å². The summed E-state index contributed by atoms with van der Waals surface area (Å²) in [7, 11) is 0. The Morgan fingerprint density at radius 3 is 2.48 bits per heavy atom. The lowest BCUT2D eigenvalue weighted by Gasteiger charge is -2.12. The highest BCUT2D eigenvalue weighted by atomic mass is 35.5. The van der Waals surface area contributed by atoms with Gasteiger partial charge in [0, 0.05) is 12.1 Å². The number of benzene rings is 2. The molecule has 0 aliphatic rings. The minimum atomic E-state index is -0.516. The summed E-state index contributed by atoms with van der Waals surface area (Å²) in [6, 6.07) is 9.73. The molecule has 0 aliphatic heterocycles. The third-order valence-corrected chi connectivity index (χ3v) is 3.74. The number of ether oxygens (including phenoxy) is 2. The normalized spacial score (nSPS) is 10.4.